The zero-order valence-corrected chi connectivity index (χ0v) is 20.9. The predicted molar refractivity (Wildman–Crippen MR) is 129 cm³/mol. The maximum atomic E-state index is 13.2. The number of anilines is 2. The lowest BCUT2D eigenvalue weighted by atomic mass is 10.2. The standard InChI is InChI=1S/C21H28Cl2N6O2S/c1-15-12-19(18(23)13-17(15)22)32(30,31)29-10-8-28(9-11-29)21-14-20(24-16(2)25-21)27-6-4-26(3)5-7-27/h12-14H,4-11H2,1-3H3. The van der Waals surface area contributed by atoms with E-state index in [0.29, 0.717) is 36.8 Å². The Labute approximate surface area is 199 Å². The summed E-state index contributed by atoms with van der Waals surface area (Å²) < 4.78 is 27.9. The van der Waals surface area contributed by atoms with E-state index in [1.54, 1.807) is 13.0 Å². The fourth-order valence-corrected chi connectivity index (χ4v) is 6.25. The molecule has 0 unspecified atom stereocenters. The molecule has 3 heterocycles. The number of benzene rings is 1. The molecule has 4 rings (SSSR count). The van der Waals surface area contributed by atoms with Crippen molar-refractivity contribution in [3.05, 3.63) is 39.6 Å². The second-order valence-corrected chi connectivity index (χ2v) is 11.1. The van der Waals surface area contributed by atoms with Gasteiger partial charge in [0.05, 0.1) is 5.02 Å². The van der Waals surface area contributed by atoms with Crippen LogP contribution in [0.3, 0.4) is 0 Å². The van der Waals surface area contributed by atoms with Crippen LogP contribution in [0.4, 0.5) is 11.6 Å². The molecule has 11 heteroatoms. The molecule has 1 aromatic carbocycles. The lowest BCUT2D eigenvalue weighted by Crippen LogP contribution is -2.49. The van der Waals surface area contributed by atoms with Gasteiger partial charge in [0.2, 0.25) is 10.0 Å². The van der Waals surface area contributed by atoms with Crippen LogP contribution >= 0.6 is 23.2 Å². The molecule has 8 nitrogen and oxygen atoms in total. The number of rotatable bonds is 4. The third-order valence-corrected chi connectivity index (χ3v) is 8.80. The molecule has 0 aliphatic carbocycles. The Morgan fingerprint density at radius 1 is 0.781 bits per heavy atom. The second kappa shape index (κ2) is 9.30. The number of hydrogen-bond acceptors (Lipinski definition) is 7. The van der Waals surface area contributed by atoms with Gasteiger partial charge in [-0.25, -0.2) is 18.4 Å². The number of likely N-dealkylation sites (N-methyl/N-ethyl adjacent to an activating group) is 1. The molecule has 0 radical (unpaired) electrons. The largest absolute Gasteiger partial charge is 0.354 e. The van der Waals surface area contributed by atoms with Crippen molar-refractivity contribution >= 4 is 44.9 Å². The van der Waals surface area contributed by atoms with Gasteiger partial charge in [-0.15, -0.1) is 0 Å². The van der Waals surface area contributed by atoms with Gasteiger partial charge < -0.3 is 14.7 Å². The van der Waals surface area contributed by atoms with Crippen LogP contribution in [0.15, 0.2) is 23.1 Å². The van der Waals surface area contributed by atoms with Gasteiger partial charge in [0.1, 0.15) is 22.4 Å². The molecule has 2 aliphatic heterocycles. The zero-order valence-electron chi connectivity index (χ0n) is 18.6. The molecule has 0 N–H and O–H groups in total. The Kier molecular flexibility index (Phi) is 6.84. The maximum absolute atomic E-state index is 13.2. The molecule has 32 heavy (non-hydrogen) atoms. The molecule has 0 bridgehead atoms. The molecule has 0 atom stereocenters. The first-order valence-electron chi connectivity index (χ1n) is 10.6. The van der Waals surface area contributed by atoms with Crippen molar-refractivity contribution < 1.29 is 8.42 Å². The lowest BCUT2D eigenvalue weighted by molar-refractivity contribution is 0.312. The van der Waals surface area contributed by atoms with E-state index in [9.17, 15) is 8.42 Å². The van der Waals surface area contributed by atoms with Gasteiger partial charge in [0.15, 0.2) is 0 Å². The van der Waals surface area contributed by atoms with Gasteiger partial charge in [-0.05, 0) is 38.6 Å². The van der Waals surface area contributed by atoms with Gasteiger partial charge in [0.25, 0.3) is 0 Å². The van der Waals surface area contributed by atoms with Crippen LogP contribution in [-0.4, -0.2) is 87.0 Å². The van der Waals surface area contributed by atoms with E-state index in [1.807, 2.05) is 13.0 Å². The van der Waals surface area contributed by atoms with Crippen molar-refractivity contribution in [3.63, 3.8) is 0 Å². The summed E-state index contributed by atoms with van der Waals surface area (Å²) in [4.78, 5) is 16.1. The summed E-state index contributed by atoms with van der Waals surface area (Å²) in [5.74, 6) is 2.48. The van der Waals surface area contributed by atoms with Crippen molar-refractivity contribution in [2.75, 3.05) is 69.2 Å². The van der Waals surface area contributed by atoms with E-state index in [4.69, 9.17) is 23.2 Å². The number of aromatic nitrogens is 2. The monoisotopic (exact) mass is 498 g/mol. The predicted octanol–water partition coefficient (Wildman–Crippen LogP) is 2.66. The summed E-state index contributed by atoms with van der Waals surface area (Å²) in [7, 11) is -1.58. The molecule has 2 aromatic rings. The molecular weight excluding hydrogens is 471 g/mol. The van der Waals surface area contributed by atoms with Crippen molar-refractivity contribution in [1.82, 2.24) is 19.2 Å². The van der Waals surface area contributed by atoms with E-state index in [-0.39, 0.29) is 9.92 Å². The summed E-state index contributed by atoms with van der Waals surface area (Å²) in [5.41, 5.74) is 0.682. The Morgan fingerprint density at radius 3 is 1.88 bits per heavy atom. The molecule has 2 saturated heterocycles. The molecule has 2 aliphatic rings. The van der Waals surface area contributed by atoms with E-state index >= 15 is 0 Å². The van der Waals surface area contributed by atoms with Gasteiger partial charge in [0, 0.05) is 63.4 Å². The van der Waals surface area contributed by atoms with Crippen LogP contribution < -0.4 is 9.80 Å². The van der Waals surface area contributed by atoms with E-state index < -0.39 is 10.0 Å². The zero-order chi connectivity index (χ0) is 23.0. The number of hydrogen-bond donors (Lipinski definition) is 0. The lowest BCUT2D eigenvalue weighted by Gasteiger charge is -2.36. The number of nitrogens with zero attached hydrogens (tertiary/aromatic N) is 6. The average molecular weight is 499 g/mol. The molecule has 0 spiro atoms. The van der Waals surface area contributed by atoms with Crippen LogP contribution in [0.1, 0.15) is 11.4 Å². The number of piperazine rings is 2. The average Bonchev–Trinajstić information content (AvgIpc) is 2.76. The minimum atomic E-state index is -3.71. The smallest absolute Gasteiger partial charge is 0.244 e. The Hall–Kier alpha value is -1.65. The topological polar surface area (TPSA) is 72.9 Å². The van der Waals surface area contributed by atoms with Crippen LogP contribution in [0.2, 0.25) is 10.0 Å². The summed E-state index contributed by atoms with van der Waals surface area (Å²) in [6, 6.07) is 5.05. The minimum absolute atomic E-state index is 0.102. The van der Waals surface area contributed by atoms with Gasteiger partial charge in [-0.3, -0.25) is 0 Å². The van der Waals surface area contributed by atoms with Crippen LogP contribution in [0.5, 0.6) is 0 Å². The second-order valence-electron chi connectivity index (χ2n) is 8.34. The van der Waals surface area contributed by atoms with Crippen molar-refractivity contribution in [1.29, 1.82) is 0 Å². The summed E-state index contributed by atoms with van der Waals surface area (Å²) in [6.45, 7) is 9.33. The fraction of sp³-hybridized carbons (Fsp3) is 0.524. The van der Waals surface area contributed by atoms with Gasteiger partial charge in [-0.2, -0.15) is 4.31 Å². The van der Waals surface area contributed by atoms with E-state index in [1.165, 1.54) is 10.4 Å². The number of halogens is 2. The number of sulfonamides is 1. The van der Waals surface area contributed by atoms with Gasteiger partial charge >= 0.3 is 0 Å². The highest BCUT2D eigenvalue weighted by Crippen LogP contribution is 2.31. The van der Waals surface area contributed by atoms with E-state index in [2.05, 4.69) is 31.7 Å². The quantitative estimate of drug-likeness (QED) is 0.641. The van der Waals surface area contributed by atoms with E-state index in [0.717, 1.165) is 43.6 Å². The first-order valence-corrected chi connectivity index (χ1v) is 12.8. The summed E-state index contributed by atoms with van der Waals surface area (Å²) >= 11 is 12.3. The van der Waals surface area contributed by atoms with Crippen LogP contribution in [-0.2, 0) is 10.0 Å². The maximum Gasteiger partial charge on any atom is 0.244 e. The summed E-state index contributed by atoms with van der Waals surface area (Å²) in [6.07, 6.45) is 0. The molecule has 174 valence electrons. The van der Waals surface area contributed by atoms with Crippen molar-refractivity contribution in [3.8, 4) is 0 Å². The van der Waals surface area contributed by atoms with Crippen LogP contribution in [0, 0.1) is 13.8 Å². The third-order valence-electron chi connectivity index (χ3n) is 6.03. The van der Waals surface area contributed by atoms with Crippen LogP contribution in [0.25, 0.3) is 0 Å². The minimum Gasteiger partial charge on any atom is -0.354 e. The van der Waals surface area contributed by atoms with Gasteiger partial charge in [-0.1, -0.05) is 23.2 Å². The first kappa shape index (κ1) is 23.5. The highest BCUT2D eigenvalue weighted by atomic mass is 35.5. The molecule has 0 amide bonds. The molecule has 0 saturated carbocycles. The highest BCUT2D eigenvalue weighted by Gasteiger charge is 2.31. The normalized spacial score (nSPS) is 18.9. The first-order chi connectivity index (χ1) is 15.1. The Morgan fingerprint density at radius 2 is 1.31 bits per heavy atom. The number of aryl methyl sites for hydroxylation is 2. The Bertz CT molecular complexity index is 1100. The SMILES string of the molecule is Cc1nc(N2CCN(C)CC2)cc(N2CCN(S(=O)(=O)c3cc(C)c(Cl)cc3Cl)CC2)n1. The third kappa shape index (κ3) is 4.82. The van der Waals surface area contributed by atoms with Crippen molar-refractivity contribution in [2.24, 2.45) is 0 Å². The highest BCUT2D eigenvalue weighted by molar-refractivity contribution is 7.89. The van der Waals surface area contributed by atoms with Crippen molar-refractivity contribution in [2.45, 2.75) is 18.7 Å². The molecule has 1 aromatic heterocycles. The molecular formula is C21H28Cl2N6O2S. The Balaban J connectivity index is 1.49. The fourth-order valence-electron chi connectivity index (χ4n) is 4.02. The molecule has 2 fully saturated rings. The summed E-state index contributed by atoms with van der Waals surface area (Å²) in [5, 5.41) is 0.598.